The van der Waals surface area contributed by atoms with Crippen LogP contribution >= 0.6 is 0 Å². The molecule has 1 heterocycles. The molecule has 0 saturated carbocycles. The van der Waals surface area contributed by atoms with E-state index in [1.165, 1.54) is 31.4 Å². The van der Waals surface area contributed by atoms with Crippen molar-refractivity contribution >= 4 is 5.97 Å². The smallest absolute Gasteiger partial charge is 0.335 e. The molecule has 0 bridgehead atoms. The van der Waals surface area contributed by atoms with Crippen LogP contribution in [-0.4, -0.2) is 28.6 Å². The van der Waals surface area contributed by atoms with Crippen LogP contribution in [0.5, 0.6) is 0 Å². The Bertz CT molecular complexity index is 442. The van der Waals surface area contributed by atoms with Crippen molar-refractivity contribution < 1.29 is 9.90 Å². The fourth-order valence-electron chi connectivity index (χ4n) is 2.79. The average Bonchev–Trinajstić information content (AvgIpc) is 2.78. The highest BCUT2D eigenvalue weighted by Crippen LogP contribution is 2.23. The summed E-state index contributed by atoms with van der Waals surface area (Å²) in [4.78, 5) is 13.4. The third-order valence-electron chi connectivity index (χ3n) is 3.93. The van der Waals surface area contributed by atoms with Crippen LogP contribution in [-0.2, 0) is 6.54 Å². The molecule has 0 amide bonds. The first-order valence-corrected chi connectivity index (χ1v) is 6.68. The van der Waals surface area contributed by atoms with E-state index in [1.807, 2.05) is 13.0 Å². The molecule has 1 saturated heterocycles. The molecule has 1 aliphatic heterocycles. The van der Waals surface area contributed by atoms with Crippen LogP contribution in [0.2, 0.25) is 0 Å². The van der Waals surface area contributed by atoms with Crippen molar-refractivity contribution in [2.24, 2.45) is 0 Å². The fraction of sp³-hybridized carbons (Fsp3) is 0.533. The van der Waals surface area contributed by atoms with Crippen molar-refractivity contribution in [2.75, 3.05) is 6.54 Å². The summed E-state index contributed by atoms with van der Waals surface area (Å²) in [6.45, 7) is 6.35. The summed E-state index contributed by atoms with van der Waals surface area (Å²) < 4.78 is 0. The lowest BCUT2D eigenvalue weighted by Gasteiger charge is -2.24. The first-order valence-electron chi connectivity index (χ1n) is 6.68. The highest BCUT2D eigenvalue weighted by molar-refractivity contribution is 5.87. The molecule has 0 aliphatic carbocycles. The molecule has 18 heavy (non-hydrogen) atoms. The van der Waals surface area contributed by atoms with E-state index >= 15 is 0 Å². The lowest BCUT2D eigenvalue weighted by molar-refractivity contribution is 0.0696. The molecule has 3 nitrogen and oxygen atoms in total. The lowest BCUT2D eigenvalue weighted by Crippen LogP contribution is -2.28. The summed E-state index contributed by atoms with van der Waals surface area (Å²) in [5.74, 6) is -0.850. The number of likely N-dealkylation sites (tertiary alicyclic amines) is 1. The molecular weight excluding hydrogens is 226 g/mol. The summed E-state index contributed by atoms with van der Waals surface area (Å²) in [5.41, 5.74) is 2.71. The van der Waals surface area contributed by atoms with E-state index in [0.29, 0.717) is 11.6 Å². The van der Waals surface area contributed by atoms with Crippen molar-refractivity contribution in [3.8, 4) is 0 Å². The number of hydrogen-bond donors (Lipinski definition) is 1. The summed E-state index contributed by atoms with van der Waals surface area (Å²) >= 11 is 0. The van der Waals surface area contributed by atoms with E-state index in [2.05, 4.69) is 11.8 Å². The number of carboxylic acids is 1. The van der Waals surface area contributed by atoms with Crippen LogP contribution in [0.15, 0.2) is 18.2 Å². The van der Waals surface area contributed by atoms with Gasteiger partial charge in [-0.15, -0.1) is 0 Å². The number of hydrogen-bond acceptors (Lipinski definition) is 2. The van der Waals surface area contributed by atoms with E-state index in [9.17, 15) is 4.79 Å². The Morgan fingerprint density at radius 1 is 1.50 bits per heavy atom. The van der Waals surface area contributed by atoms with E-state index in [1.54, 1.807) is 12.1 Å². The van der Waals surface area contributed by atoms with Crippen LogP contribution in [0.1, 0.15) is 47.7 Å². The highest BCUT2D eigenvalue weighted by atomic mass is 16.4. The van der Waals surface area contributed by atoms with Gasteiger partial charge in [0.15, 0.2) is 0 Å². The van der Waals surface area contributed by atoms with E-state index in [4.69, 9.17) is 5.11 Å². The largest absolute Gasteiger partial charge is 0.478 e. The number of carboxylic acid groups (broad SMARTS) is 1. The Labute approximate surface area is 108 Å². The normalized spacial score (nSPS) is 20.2. The average molecular weight is 247 g/mol. The minimum absolute atomic E-state index is 0.379. The summed E-state index contributed by atoms with van der Waals surface area (Å²) in [7, 11) is 0. The van der Waals surface area contributed by atoms with Gasteiger partial charge in [-0.3, -0.25) is 4.90 Å². The van der Waals surface area contributed by atoms with E-state index in [-0.39, 0.29) is 0 Å². The Morgan fingerprint density at radius 2 is 2.28 bits per heavy atom. The Balaban J connectivity index is 2.12. The van der Waals surface area contributed by atoms with E-state index < -0.39 is 5.97 Å². The van der Waals surface area contributed by atoms with Gasteiger partial charge in [-0.05, 0) is 56.0 Å². The molecule has 98 valence electrons. The van der Waals surface area contributed by atoms with E-state index in [0.717, 1.165) is 12.1 Å². The zero-order valence-corrected chi connectivity index (χ0v) is 11.1. The summed E-state index contributed by atoms with van der Waals surface area (Å²) in [6.07, 6.45) is 3.78. The molecule has 1 fully saturated rings. The zero-order valence-electron chi connectivity index (χ0n) is 11.1. The molecule has 1 aromatic rings. The number of aryl methyl sites for hydroxylation is 1. The van der Waals surface area contributed by atoms with Gasteiger partial charge in [0.2, 0.25) is 0 Å². The molecular formula is C15H21NO2. The minimum atomic E-state index is -0.850. The number of benzene rings is 1. The van der Waals surface area contributed by atoms with Crippen molar-refractivity contribution in [3.63, 3.8) is 0 Å². The molecule has 1 unspecified atom stereocenters. The van der Waals surface area contributed by atoms with Gasteiger partial charge in [0.1, 0.15) is 0 Å². The Morgan fingerprint density at radius 3 is 2.89 bits per heavy atom. The first-order chi connectivity index (χ1) is 8.61. The summed E-state index contributed by atoms with van der Waals surface area (Å²) in [5, 5.41) is 8.95. The topological polar surface area (TPSA) is 40.5 Å². The predicted octanol–water partition coefficient (Wildman–Crippen LogP) is 3.07. The maximum Gasteiger partial charge on any atom is 0.335 e. The third kappa shape index (κ3) is 2.72. The number of nitrogens with zero attached hydrogens (tertiary/aromatic N) is 1. The van der Waals surface area contributed by atoms with Gasteiger partial charge in [0, 0.05) is 12.6 Å². The third-order valence-corrected chi connectivity index (χ3v) is 3.93. The van der Waals surface area contributed by atoms with Gasteiger partial charge < -0.3 is 5.11 Å². The molecule has 0 spiro atoms. The maximum absolute atomic E-state index is 10.9. The van der Waals surface area contributed by atoms with Crippen molar-refractivity contribution in [2.45, 2.75) is 45.7 Å². The molecule has 1 atom stereocenters. The molecule has 1 aromatic carbocycles. The fourth-order valence-corrected chi connectivity index (χ4v) is 2.79. The van der Waals surface area contributed by atoms with Crippen LogP contribution in [0.3, 0.4) is 0 Å². The van der Waals surface area contributed by atoms with Gasteiger partial charge >= 0.3 is 5.97 Å². The number of rotatable bonds is 4. The van der Waals surface area contributed by atoms with Crippen LogP contribution in [0, 0.1) is 6.92 Å². The van der Waals surface area contributed by atoms with Crippen molar-refractivity contribution in [1.82, 2.24) is 4.90 Å². The van der Waals surface area contributed by atoms with Gasteiger partial charge in [-0.25, -0.2) is 4.79 Å². The monoisotopic (exact) mass is 247 g/mol. The number of carbonyl (C=O) groups is 1. The minimum Gasteiger partial charge on any atom is -0.478 e. The summed E-state index contributed by atoms with van der Waals surface area (Å²) in [6, 6.07) is 6.14. The lowest BCUT2D eigenvalue weighted by atomic mass is 10.0. The van der Waals surface area contributed by atoms with Crippen molar-refractivity contribution in [1.29, 1.82) is 0 Å². The van der Waals surface area contributed by atoms with Crippen LogP contribution < -0.4 is 0 Å². The number of aromatic carboxylic acids is 1. The second-order valence-electron chi connectivity index (χ2n) is 5.12. The Kier molecular flexibility index (Phi) is 4.02. The molecule has 0 radical (unpaired) electrons. The second kappa shape index (κ2) is 5.53. The standard InChI is InChI=1S/C15H21NO2/c1-3-14-5-4-8-16(14)10-13-7-6-12(15(17)18)9-11(13)2/h6-7,9,14H,3-5,8,10H2,1-2H3,(H,17,18). The van der Waals surface area contributed by atoms with Crippen LogP contribution in [0.4, 0.5) is 0 Å². The van der Waals surface area contributed by atoms with Gasteiger partial charge in [-0.2, -0.15) is 0 Å². The first kappa shape index (κ1) is 13.1. The van der Waals surface area contributed by atoms with Gasteiger partial charge in [0.25, 0.3) is 0 Å². The molecule has 3 heteroatoms. The van der Waals surface area contributed by atoms with Crippen molar-refractivity contribution in [3.05, 3.63) is 34.9 Å². The predicted molar refractivity (Wildman–Crippen MR) is 71.9 cm³/mol. The molecule has 1 aliphatic rings. The van der Waals surface area contributed by atoms with Gasteiger partial charge in [-0.1, -0.05) is 13.0 Å². The quantitative estimate of drug-likeness (QED) is 0.889. The molecule has 1 N–H and O–H groups in total. The SMILES string of the molecule is CCC1CCCN1Cc1ccc(C(=O)O)cc1C. The molecule has 2 rings (SSSR count). The highest BCUT2D eigenvalue weighted by Gasteiger charge is 2.23. The zero-order chi connectivity index (χ0) is 13.1. The second-order valence-corrected chi connectivity index (χ2v) is 5.12. The van der Waals surface area contributed by atoms with Crippen LogP contribution in [0.25, 0.3) is 0 Å². The maximum atomic E-state index is 10.9. The Hall–Kier alpha value is -1.35. The molecule has 0 aromatic heterocycles. The van der Waals surface area contributed by atoms with Gasteiger partial charge in [0.05, 0.1) is 5.56 Å².